The summed E-state index contributed by atoms with van der Waals surface area (Å²) < 4.78 is 0. The summed E-state index contributed by atoms with van der Waals surface area (Å²) in [6.45, 7) is 2.07. The van der Waals surface area contributed by atoms with Gasteiger partial charge in [0.25, 0.3) is 0 Å². The van der Waals surface area contributed by atoms with Gasteiger partial charge in [0.15, 0.2) is 17.3 Å². The maximum Gasteiger partial charge on any atom is 0.338 e. The Labute approximate surface area is 175 Å². The number of primary amides is 1. The van der Waals surface area contributed by atoms with E-state index in [0.717, 1.165) is 42.0 Å². The van der Waals surface area contributed by atoms with Crippen molar-refractivity contribution < 1.29 is 10.1 Å². The molecular formula is C23H25N6O+. The fourth-order valence-corrected chi connectivity index (χ4v) is 4.66. The van der Waals surface area contributed by atoms with Gasteiger partial charge in [-0.1, -0.05) is 50.1 Å². The normalized spacial score (nSPS) is 19.2. The zero-order valence-electron chi connectivity index (χ0n) is 17.0. The number of rotatable bonds is 4. The Morgan fingerprint density at radius 3 is 2.50 bits per heavy atom. The number of aromatic nitrogens is 4. The molecule has 1 atom stereocenters. The van der Waals surface area contributed by atoms with Gasteiger partial charge in [0.1, 0.15) is 11.7 Å². The minimum absolute atomic E-state index is 0.151. The number of nitrogens with two attached hydrogens (primary N) is 1. The minimum atomic E-state index is -0.154. The maximum absolute atomic E-state index is 12.8. The van der Waals surface area contributed by atoms with Crippen LogP contribution in [0.25, 0.3) is 22.8 Å². The van der Waals surface area contributed by atoms with Crippen LogP contribution in [0.3, 0.4) is 0 Å². The predicted molar refractivity (Wildman–Crippen MR) is 114 cm³/mol. The minimum Gasteiger partial charge on any atom is -0.333 e. The number of carbonyl (C=O) groups is 1. The van der Waals surface area contributed by atoms with Gasteiger partial charge in [0.05, 0.1) is 11.9 Å². The highest BCUT2D eigenvalue weighted by atomic mass is 16.2. The van der Waals surface area contributed by atoms with Crippen LogP contribution in [0.15, 0.2) is 48.9 Å². The van der Waals surface area contributed by atoms with Gasteiger partial charge >= 0.3 is 5.91 Å². The average Bonchev–Trinajstić information content (AvgIpc) is 3.33. The van der Waals surface area contributed by atoms with Crippen molar-refractivity contribution >= 4 is 17.4 Å². The monoisotopic (exact) mass is 401 g/mol. The molecule has 152 valence electrons. The molecule has 3 heterocycles. The predicted octanol–water partition coefficient (Wildman–Crippen LogP) is 2.86. The zero-order chi connectivity index (χ0) is 20.5. The van der Waals surface area contributed by atoms with Crippen LogP contribution in [0, 0.1) is 0 Å². The molecular weight excluding hydrogens is 376 g/mol. The van der Waals surface area contributed by atoms with Gasteiger partial charge < -0.3 is 4.90 Å². The first-order chi connectivity index (χ1) is 14.8. The molecule has 1 amide bonds. The second-order valence-corrected chi connectivity index (χ2v) is 7.91. The van der Waals surface area contributed by atoms with Crippen LogP contribution in [0.4, 0.5) is 11.5 Å². The summed E-state index contributed by atoms with van der Waals surface area (Å²) in [7, 11) is 0. The van der Waals surface area contributed by atoms with Crippen LogP contribution in [-0.4, -0.2) is 37.9 Å². The number of amides is 1. The van der Waals surface area contributed by atoms with Crippen LogP contribution >= 0.6 is 0 Å². The summed E-state index contributed by atoms with van der Waals surface area (Å²) in [5, 5.41) is 1.70. The molecule has 0 spiro atoms. The second-order valence-electron chi connectivity index (χ2n) is 7.91. The van der Waals surface area contributed by atoms with E-state index >= 15 is 0 Å². The Balaban J connectivity index is 1.63. The molecule has 0 bridgehead atoms. The van der Waals surface area contributed by atoms with E-state index in [0.29, 0.717) is 17.6 Å². The summed E-state index contributed by atoms with van der Waals surface area (Å²) in [5.41, 5.74) is 3.18. The van der Waals surface area contributed by atoms with E-state index in [2.05, 4.69) is 26.8 Å². The van der Waals surface area contributed by atoms with Crippen LogP contribution in [0.2, 0.25) is 0 Å². The Hall–Kier alpha value is -3.19. The second kappa shape index (κ2) is 7.91. The van der Waals surface area contributed by atoms with Crippen LogP contribution in [-0.2, 0) is 4.79 Å². The lowest BCUT2D eigenvalue weighted by molar-refractivity contribution is -0.487. The molecule has 2 aromatic heterocycles. The Morgan fingerprint density at radius 1 is 1.03 bits per heavy atom. The van der Waals surface area contributed by atoms with E-state index in [1.54, 1.807) is 23.9 Å². The smallest absolute Gasteiger partial charge is 0.333 e. The molecule has 1 aromatic carbocycles. The van der Waals surface area contributed by atoms with Crippen molar-refractivity contribution in [2.24, 2.45) is 0 Å². The molecule has 1 saturated carbocycles. The quantitative estimate of drug-likeness (QED) is 0.723. The third-order valence-electron chi connectivity index (χ3n) is 6.06. The highest BCUT2D eigenvalue weighted by Gasteiger charge is 2.42. The molecule has 2 N–H and O–H groups in total. The van der Waals surface area contributed by atoms with Gasteiger partial charge in [-0.25, -0.2) is 25.1 Å². The lowest BCUT2D eigenvalue weighted by atomic mass is 10.0. The van der Waals surface area contributed by atoms with Gasteiger partial charge in [-0.2, -0.15) is 0 Å². The molecule has 2 aliphatic rings. The van der Waals surface area contributed by atoms with Gasteiger partial charge in [-0.05, 0) is 19.3 Å². The topological polar surface area (TPSA) is 88.5 Å². The van der Waals surface area contributed by atoms with Crippen LogP contribution in [0.5, 0.6) is 0 Å². The van der Waals surface area contributed by atoms with Gasteiger partial charge in [-0.3, -0.25) is 4.98 Å². The van der Waals surface area contributed by atoms with Gasteiger partial charge in [0, 0.05) is 24.0 Å². The number of anilines is 1. The molecule has 1 aliphatic carbocycles. The number of hydrogen-bond donors (Lipinski definition) is 1. The molecule has 30 heavy (non-hydrogen) atoms. The molecule has 7 nitrogen and oxygen atoms in total. The molecule has 3 aromatic rings. The van der Waals surface area contributed by atoms with Crippen LogP contribution < -0.4 is 10.2 Å². The van der Waals surface area contributed by atoms with E-state index in [1.807, 2.05) is 30.3 Å². The summed E-state index contributed by atoms with van der Waals surface area (Å²) in [6.07, 6.45) is 10.5. The molecule has 0 saturated heterocycles. The van der Waals surface area contributed by atoms with Crippen molar-refractivity contribution in [1.29, 1.82) is 0 Å². The van der Waals surface area contributed by atoms with Crippen LogP contribution in [0.1, 0.15) is 39.0 Å². The highest BCUT2D eigenvalue weighted by molar-refractivity contribution is 5.85. The van der Waals surface area contributed by atoms with E-state index in [-0.39, 0.29) is 11.9 Å². The summed E-state index contributed by atoms with van der Waals surface area (Å²) >= 11 is 0. The number of fused-ring (bicyclic) bond motifs is 1. The van der Waals surface area contributed by atoms with Crippen molar-refractivity contribution in [3.05, 3.63) is 48.9 Å². The number of quaternary nitrogens is 1. The molecule has 1 fully saturated rings. The first-order valence-electron chi connectivity index (χ1n) is 10.7. The Kier molecular flexibility index (Phi) is 4.96. The lowest BCUT2D eigenvalue weighted by Gasteiger charge is -2.37. The third kappa shape index (κ3) is 3.25. The van der Waals surface area contributed by atoms with Crippen molar-refractivity contribution in [1.82, 2.24) is 19.9 Å². The molecule has 0 radical (unpaired) electrons. The van der Waals surface area contributed by atoms with Gasteiger partial charge in [-0.15, -0.1) is 0 Å². The van der Waals surface area contributed by atoms with Crippen molar-refractivity contribution in [3.63, 3.8) is 0 Å². The Morgan fingerprint density at radius 2 is 1.77 bits per heavy atom. The van der Waals surface area contributed by atoms with E-state index < -0.39 is 0 Å². The van der Waals surface area contributed by atoms with E-state index in [1.165, 1.54) is 12.8 Å². The number of benzene rings is 1. The van der Waals surface area contributed by atoms with E-state index in [4.69, 9.17) is 4.98 Å². The Bertz CT molecular complexity index is 1060. The van der Waals surface area contributed by atoms with Crippen molar-refractivity contribution in [2.75, 3.05) is 4.90 Å². The largest absolute Gasteiger partial charge is 0.338 e. The summed E-state index contributed by atoms with van der Waals surface area (Å²) in [6, 6.07) is 10.2. The molecule has 1 aliphatic heterocycles. The summed E-state index contributed by atoms with van der Waals surface area (Å²) in [5.74, 6) is 1.54. The number of carbonyl (C=O) groups excluding carboxylic acids is 1. The first kappa shape index (κ1) is 18.8. The fraction of sp³-hybridized carbons (Fsp3) is 0.348. The SMILES string of the molecule is CC[C@@H]1C(=O)[NH2+]c2cnc(-c3nccnc3-c3ccccc3)nc2N1C1CCCC1. The van der Waals surface area contributed by atoms with Gasteiger partial charge in [0.2, 0.25) is 0 Å². The molecule has 5 rings (SSSR count). The molecule has 0 unspecified atom stereocenters. The van der Waals surface area contributed by atoms with Crippen molar-refractivity contribution in [2.45, 2.75) is 51.1 Å². The maximum atomic E-state index is 12.8. The van der Waals surface area contributed by atoms with Crippen molar-refractivity contribution in [3.8, 4) is 22.8 Å². The zero-order valence-corrected chi connectivity index (χ0v) is 17.0. The highest BCUT2D eigenvalue weighted by Crippen LogP contribution is 2.36. The fourth-order valence-electron chi connectivity index (χ4n) is 4.66. The average molecular weight is 401 g/mol. The number of nitrogens with zero attached hydrogens (tertiary/aromatic N) is 5. The third-order valence-corrected chi connectivity index (χ3v) is 6.06. The first-order valence-corrected chi connectivity index (χ1v) is 10.7. The molecule has 7 heteroatoms. The van der Waals surface area contributed by atoms with E-state index in [9.17, 15) is 4.79 Å². The number of hydrogen-bond acceptors (Lipinski definition) is 6. The standard InChI is InChI=1S/C23H24N6O/c1-2-18-23(30)27-17-14-26-21(28-22(17)29(18)16-10-6-7-11-16)20-19(24-12-13-25-20)15-8-4-3-5-9-15/h3-5,8-9,12-14,16,18H,2,6-7,10-11H2,1H3,(H,27,30)/p+1/t18-/m1/s1. The summed E-state index contributed by atoms with van der Waals surface area (Å²) in [4.78, 5) is 33.7. The lowest BCUT2D eigenvalue weighted by Crippen LogP contribution is -2.89.